The van der Waals surface area contributed by atoms with Gasteiger partial charge in [0.1, 0.15) is 0 Å². The highest BCUT2D eigenvalue weighted by atomic mass is 35.5. The van der Waals surface area contributed by atoms with Gasteiger partial charge in [-0.25, -0.2) is 0 Å². The van der Waals surface area contributed by atoms with Crippen molar-refractivity contribution in [3.8, 4) is 0 Å². The van der Waals surface area contributed by atoms with Crippen molar-refractivity contribution in [1.29, 1.82) is 0 Å². The number of aliphatic hydroxyl groups excluding tert-OH is 1. The molecule has 1 amide bonds. The van der Waals surface area contributed by atoms with E-state index in [1.54, 1.807) is 0 Å². The van der Waals surface area contributed by atoms with Crippen molar-refractivity contribution in [3.05, 3.63) is 34.9 Å². The zero-order chi connectivity index (χ0) is 16.8. The monoisotopic (exact) mass is 338 g/mol. The molecule has 2 rings (SSSR count). The molecule has 0 radical (unpaired) electrons. The lowest BCUT2D eigenvalue weighted by Crippen LogP contribution is -2.41. The SMILES string of the molecule is CCN(CC)C(CNC(=O)C1CCCC1O)c1ccccc1Cl. The van der Waals surface area contributed by atoms with E-state index in [0.29, 0.717) is 6.54 Å². The van der Waals surface area contributed by atoms with E-state index in [2.05, 4.69) is 24.1 Å². The molecule has 3 unspecified atom stereocenters. The lowest BCUT2D eigenvalue weighted by Gasteiger charge is -2.31. The van der Waals surface area contributed by atoms with Gasteiger partial charge in [0, 0.05) is 11.6 Å². The van der Waals surface area contributed by atoms with Crippen molar-refractivity contribution in [2.75, 3.05) is 19.6 Å². The second-order valence-corrected chi connectivity index (χ2v) is 6.52. The highest BCUT2D eigenvalue weighted by molar-refractivity contribution is 6.31. The maximum Gasteiger partial charge on any atom is 0.225 e. The average molecular weight is 339 g/mol. The molecule has 1 aliphatic rings. The third kappa shape index (κ3) is 4.46. The Morgan fingerprint density at radius 1 is 1.35 bits per heavy atom. The van der Waals surface area contributed by atoms with E-state index in [1.165, 1.54) is 0 Å². The Balaban J connectivity index is 2.09. The Morgan fingerprint density at radius 3 is 2.61 bits per heavy atom. The zero-order valence-electron chi connectivity index (χ0n) is 14.0. The maximum atomic E-state index is 12.4. The Hall–Kier alpha value is -1.10. The van der Waals surface area contributed by atoms with Crippen LogP contribution in [0.4, 0.5) is 0 Å². The summed E-state index contributed by atoms with van der Waals surface area (Å²) in [7, 11) is 0. The van der Waals surface area contributed by atoms with E-state index in [9.17, 15) is 9.90 Å². The van der Waals surface area contributed by atoms with Crippen molar-refractivity contribution in [3.63, 3.8) is 0 Å². The first-order valence-corrected chi connectivity index (χ1v) is 8.90. The Kier molecular flexibility index (Phi) is 6.88. The predicted octanol–water partition coefficient (Wildman–Crippen LogP) is 3.00. The van der Waals surface area contributed by atoms with Gasteiger partial charge >= 0.3 is 0 Å². The Morgan fingerprint density at radius 2 is 2.04 bits per heavy atom. The summed E-state index contributed by atoms with van der Waals surface area (Å²) in [6.07, 6.45) is 1.92. The number of nitrogens with zero attached hydrogens (tertiary/aromatic N) is 1. The molecule has 0 aromatic heterocycles. The number of hydrogen-bond donors (Lipinski definition) is 2. The third-order valence-corrected chi connectivity index (χ3v) is 5.15. The summed E-state index contributed by atoms with van der Waals surface area (Å²) in [4.78, 5) is 14.6. The summed E-state index contributed by atoms with van der Waals surface area (Å²) in [6.45, 7) is 6.49. The van der Waals surface area contributed by atoms with Gasteiger partial charge < -0.3 is 10.4 Å². The molecule has 2 N–H and O–H groups in total. The van der Waals surface area contributed by atoms with Gasteiger partial charge in [-0.3, -0.25) is 9.69 Å². The maximum absolute atomic E-state index is 12.4. The fourth-order valence-electron chi connectivity index (χ4n) is 3.42. The van der Waals surface area contributed by atoms with Crippen molar-refractivity contribution in [2.24, 2.45) is 5.92 Å². The Bertz CT molecular complexity index is 519. The molecule has 23 heavy (non-hydrogen) atoms. The molecule has 128 valence electrons. The molecule has 0 bridgehead atoms. The minimum atomic E-state index is -0.498. The number of halogens is 1. The number of likely N-dealkylation sites (N-methyl/N-ethyl adjacent to an activating group) is 1. The van der Waals surface area contributed by atoms with E-state index in [0.717, 1.165) is 42.9 Å². The smallest absolute Gasteiger partial charge is 0.225 e. The highest BCUT2D eigenvalue weighted by Gasteiger charge is 2.32. The van der Waals surface area contributed by atoms with Crippen LogP contribution in [0.25, 0.3) is 0 Å². The summed E-state index contributed by atoms with van der Waals surface area (Å²) in [5.41, 5.74) is 1.03. The van der Waals surface area contributed by atoms with Gasteiger partial charge in [0.05, 0.1) is 18.1 Å². The summed E-state index contributed by atoms with van der Waals surface area (Å²) < 4.78 is 0. The van der Waals surface area contributed by atoms with Crippen molar-refractivity contribution < 1.29 is 9.90 Å². The van der Waals surface area contributed by atoms with Gasteiger partial charge in [-0.1, -0.05) is 43.6 Å². The van der Waals surface area contributed by atoms with Gasteiger partial charge in [-0.15, -0.1) is 0 Å². The molecule has 5 heteroatoms. The molecule has 4 nitrogen and oxygen atoms in total. The quantitative estimate of drug-likeness (QED) is 0.803. The van der Waals surface area contributed by atoms with Crippen molar-refractivity contribution >= 4 is 17.5 Å². The number of aliphatic hydroxyl groups is 1. The second-order valence-electron chi connectivity index (χ2n) is 6.11. The molecule has 1 aromatic rings. The summed E-state index contributed by atoms with van der Waals surface area (Å²) in [5, 5.41) is 13.6. The van der Waals surface area contributed by atoms with Crippen molar-refractivity contribution in [1.82, 2.24) is 10.2 Å². The number of benzene rings is 1. The standard InChI is InChI=1S/C18H27ClN2O2/c1-3-21(4-2)16(13-8-5-6-10-15(13)19)12-20-18(23)14-9-7-11-17(14)22/h5-6,8,10,14,16-17,22H,3-4,7,9,11-12H2,1-2H3,(H,20,23). The third-order valence-electron chi connectivity index (χ3n) is 4.80. The number of hydrogen-bond acceptors (Lipinski definition) is 3. The lowest BCUT2D eigenvalue weighted by atomic mass is 10.0. The number of nitrogens with one attached hydrogen (secondary N) is 1. The molecule has 1 saturated carbocycles. The average Bonchev–Trinajstić information content (AvgIpc) is 2.98. The molecule has 0 spiro atoms. The van der Waals surface area contributed by atoms with Gasteiger partial charge in [0.15, 0.2) is 0 Å². The highest BCUT2D eigenvalue weighted by Crippen LogP contribution is 2.28. The molecular weight excluding hydrogens is 312 g/mol. The van der Waals surface area contributed by atoms with Crippen LogP contribution in [-0.4, -0.2) is 41.7 Å². The molecule has 1 fully saturated rings. The number of carbonyl (C=O) groups excluding carboxylic acids is 1. The van der Waals surface area contributed by atoms with Gasteiger partial charge in [0.2, 0.25) is 5.91 Å². The topological polar surface area (TPSA) is 52.6 Å². The van der Waals surface area contributed by atoms with Crippen LogP contribution in [-0.2, 0) is 4.79 Å². The van der Waals surface area contributed by atoms with Crippen LogP contribution in [0.5, 0.6) is 0 Å². The minimum Gasteiger partial charge on any atom is -0.392 e. The van der Waals surface area contributed by atoms with Crippen LogP contribution >= 0.6 is 11.6 Å². The van der Waals surface area contributed by atoms with E-state index in [-0.39, 0.29) is 17.9 Å². The normalized spacial score (nSPS) is 22.3. The van der Waals surface area contributed by atoms with Crippen LogP contribution in [0.1, 0.15) is 44.7 Å². The molecular formula is C18H27ClN2O2. The molecule has 0 aliphatic heterocycles. The largest absolute Gasteiger partial charge is 0.392 e. The Labute approximate surface area is 143 Å². The first-order valence-electron chi connectivity index (χ1n) is 8.52. The van der Waals surface area contributed by atoms with Gasteiger partial charge in [0.25, 0.3) is 0 Å². The van der Waals surface area contributed by atoms with Gasteiger partial charge in [-0.05, 0) is 44.0 Å². The zero-order valence-corrected chi connectivity index (χ0v) is 14.7. The van der Waals surface area contributed by atoms with Crippen LogP contribution in [0.3, 0.4) is 0 Å². The molecule has 0 saturated heterocycles. The predicted molar refractivity (Wildman–Crippen MR) is 93.5 cm³/mol. The minimum absolute atomic E-state index is 0.0424. The van der Waals surface area contributed by atoms with Crippen molar-refractivity contribution in [2.45, 2.75) is 45.3 Å². The van der Waals surface area contributed by atoms with Crippen LogP contribution in [0.15, 0.2) is 24.3 Å². The summed E-state index contributed by atoms with van der Waals surface area (Å²) in [5.74, 6) is -0.308. The van der Waals surface area contributed by atoms with Crippen LogP contribution < -0.4 is 5.32 Å². The fraction of sp³-hybridized carbons (Fsp3) is 0.611. The molecule has 3 atom stereocenters. The first-order chi connectivity index (χ1) is 11.1. The first kappa shape index (κ1) is 18.2. The number of carbonyl (C=O) groups is 1. The molecule has 0 heterocycles. The van der Waals surface area contributed by atoms with E-state index >= 15 is 0 Å². The van der Waals surface area contributed by atoms with Gasteiger partial charge in [-0.2, -0.15) is 0 Å². The number of rotatable bonds is 7. The molecule has 1 aromatic carbocycles. The second kappa shape index (κ2) is 8.67. The summed E-state index contributed by atoms with van der Waals surface area (Å²) in [6, 6.07) is 7.83. The van der Waals surface area contributed by atoms with Crippen LogP contribution in [0.2, 0.25) is 5.02 Å². The van der Waals surface area contributed by atoms with E-state index in [1.807, 2.05) is 24.3 Å². The van der Waals surface area contributed by atoms with E-state index < -0.39 is 6.10 Å². The summed E-state index contributed by atoms with van der Waals surface area (Å²) >= 11 is 6.36. The van der Waals surface area contributed by atoms with Crippen LogP contribution in [0, 0.1) is 5.92 Å². The lowest BCUT2D eigenvalue weighted by molar-refractivity contribution is -0.127. The fourth-order valence-corrected chi connectivity index (χ4v) is 3.68. The molecule has 1 aliphatic carbocycles. The van der Waals surface area contributed by atoms with E-state index in [4.69, 9.17) is 11.6 Å². The number of amides is 1.